The lowest BCUT2D eigenvalue weighted by Gasteiger charge is -2.24. The molecule has 0 spiro atoms. The zero-order valence-corrected chi connectivity index (χ0v) is 21.1. The Kier molecular flexibility index (Phi) is 6.09. The standard InChI is InChI=1S/C29H34N6O/c1-18(2)15-27(36)35-14-4-6-26(35)29-32-22-12-11-21(16-24(22)33-29)19-7-9-20(10-8-19)25-17-31-28(34-25)23-5-3-13-30-23/h7-12,16-18,23,26,30H,3-6,13-15H2,1-2H3,(H,31,34)(H,32,33). The lowest BCUT2D eigenvalue weighted by molar-refractivity contribution is -0.133. The Balaban J connectivity index is 1.21. The quantitative estimate of drug-likeness (QED) is 0.326. The van der Waals surface area contributed by atoms with Gasteiger partial charge in [0.2, 0.25) is 5.91 Å². The number of aromatic amines is 2. The molecular formula is C29H34N6O. The van der Waals surface area contributed by atoms with Gasteiger partial charge >= 0.3 is 0 Å². The molecule has 2 aromatic heterocycles. The van der Waals surface area contributed by atoms with Crippen LogP contribution in [-0.4, -0.2) is 43.8 Å². The molecule has 7 nitrogen and oxygen atoms in total. The van der Waals surface area contributed by atoms with Crippen molar-refractivity contribution >= 4 is 16.9 Å². The molecular weight excluding hydrogens is 448 g/mol. The summed E-state index contributed by atoms with van der Waals surface area (Å²) in [6, 6.07) is 15.4. The van der Waals surface area contributed by atoms with E-state index in [9.17, 15) is 4.79 Å². The van der Waals surface area contributed by atoms with Gasteiger partial charge in [0.1, 0.15) is 11.6 Å². The lowest BCUT2D eigenvalue weighted by atomic mass is 10.0. The number of H-pyrrole nitrogens is 2. The maximum Gasteiger partial charge on any atom is 0.223 e. The zero-order valence-electron chi connectivity index (χ0n) is 21.1. The molecule has 2 fully saturated rings. The Morgan fingerprint density at radius 3 is 2.58 bits per heavy atom. The number of aromatic nitrogens is 4. The maximum absolute atomic E-state index is 12.8. The zero-order chi connectivity index (χ0) is 24.6. The van der Waals surface area contributed by atoms with Gasteiger partial charge in [-0.05, 0) is 67.0 Å². The Morgan fingerprint density at radius 1 is 1.00 bits per heavy atom. The summed E-state index contributed by atoms with van der Waals surface area (Å²) in [6.07, 6.45) is 6.85. The van der Waals surface area contributed by atoms with Crippen molar-refractivity contribution in [2.45, 2.75) is 58.0 Å². The van der Waals surface area contributed by atoms with Crippen LogP contribution >= 0.6 is 0 Å². The van der Waals surface area contributed by atoms with Crippen LogP contribution in [-0.2, 0) is 4.79 Å². The summed E-state index contributed by atoms with van der Waals surface area (Å²) < 4.78 is 0. The van der Waals surface area contributed by atoms with Crippen LogP contribution in [0.25, 0.3) is 33.4 Å². The molecule has 186 valence electrons. The van der Waals surface area contributed by atoms with Gasteiger partial charge in [-0.2, -0.15) is 0 Å². The minimum Gasteiger partial charge on any atom is -0.341 e. The van der Waals surface area contributed by atoms with Crippen molar-refractivity contribution in [3.63, 3.8) is 0 Å². The molecule has 4 aromatic rings. The van der Waals surface area contributed by atoms with Crippen molar-refractivity contribution < 1.29 is 4.79 Å². The van der Waals surface area contributed by atoms with Gasteiger partial charge in [-0.3, -0.25) is 4.79 Å². The second-order valence-electron chi connectivity index (χ2n) is 10.6. The fourth-order valence-corrected chi connectivity index (χ4v) is 5.60. The topological polar surface area (TPSA) is 89.7 Å². The molecule has 0 bridgehead atoms. The fraction of sp³-hybridized carbons (Fsp3) is 0.414. The average molecular weight is 483 g/mol. The van der Waals surface area contributed by atoms with E-state index < -0.39 is 0 Å². The van der Waals surface area contributed by atoms with Crippen LogP contribution in [0.15, 0.2) is 48.7 Å². The summed E-state index contributed by atoms with van der Waals surface area (Å²) in [4.78, 5) is 31.3. The number of amides is 1. The van der Waals surface area contributed by atoms with Crippen molar-refractivity contribution in [3.8, 4) is 22.4 Å². The van der Waals surface area contributed by atoms with E-state index in [0.29, 0.717) is 18.4 Å². The molecule has 4 heterocycles. The minimum atomic E-state index is 0.0464. The van der Waals surface area contributed by atoms with Crippen molar-refractivity contribution in [3.05, 3.63) is 60.3 Å². The molecule has 2 unspecified atom stereocenters. The smallest absolute Gasteiger partial charge is 0.223 e. The molecule has 7 heteroatoms. The predicted molar refractivity (Wildman–Crippen MR) is 142 cm³/mol. The second kappa shape index (κ2) is 9.54. The monoisotopic (exact) mass is 482 g/mol. The first kappa shape index (κ1) is 23.0. The van der Waals surface area contributed by atoms with Gasteiger partial charge in [0.25, 0.3) is 0 Å². The molecule has 0 aliphatic carbocycles. The van der Waals surface area contributed by atoms with E-state index in [4.69, 9.17) is 4.98 Å². The van der Waals surface area contributed by atoms with E-state index in [2.05, 4.69) is 76.6 Å². The van der Waals surface area contributed by atoms with E-state index in [1.165, 1.54) is 6.42 Å². The molecule has 2 aliphatic heterocycles. The molecule has 2 saturated heterocycles. The summed E-state index contributed by atoms with van der Waals surface area (Å²) in [6.45, 7) is 6.07. The highest BCUT2D eigenvalue weighted by Crippen LogP contribution is 2.34. The molecule has 1 amide bonds. The number of likely N-dealkylation sites (tertiary alicyclic amines) is 1. The van der Waals surface area contributed by atoms with Crippen LogP contribution in [0.4, 0.5) is 0 Å². The van der Waals surface area contributed by atoms with Crippen LogP contribution in [0.5, 0.6) is 0 Å². The number of hydrogen-bond donors (Lipinski definition) is 3. The number of benzene rings is 2. The first-order valence-electron chi connectivity index (χ1n) is 13.2. The molecule has 2 atom stereocenters. The number of nitrogens with zero attached hydrogens (tertiary/aromatic N) is 3. The number of carbonyl (C=O) groups is 1. The Labute approximate surface area is 211 Å². The third kappa shape index (κ3) is 4.44. The molecule has 2 aliphatic rings. The van der Waals surface area contributed by atoms with E-state index >= 15 is 0 Å². The summed E-state index contributed by atoms with van der Waals surface area (Å²) in [5.74, 6) is 2.53. The Morgan fingerprint density at radius 2 is 1.81 bits per heavy atom. The van der Waals surface area contributed by atoms with Crippen molar-refractivity contribution in [1.29, 1.82) is 0 Å². The normalized spacial score (nSPS) is 20.1. The van der Waals surface area contributed by atoms with Gasteiger partial charge in [-0.25, -0.2) is 9.97 Å². The van der Waals surface area contributed by atoms with Crippen LogP contribution in [0.2, 0.25) is 0 Å². The van der Waals surface area contributed by atoms with Crippen molar-refractivity contribution in [2.75, 3.05) is 13.1 Å². The van der Waals surface area contributed by atoms with E-state index in [-0.39, 0.29) is 11.9 Å². The lowest BCUT2D eigenvalue weighted by Crippen LogP contribution is -2.31. The Bertz CT molecular complexity index is 1360. The molecule has 36 heavy (non-hydrogen) atoms. The van der Waals surface area contributed by atoms with Crippen molar-refractivity contribution in [1.82, 2.24) is 30.2 Å². The average Bonchev–Trinajstić information content (AvgIpc) is 3.68. The number of fused-ring (bicyclic) bond motifs is 1. The Hall–Kier alpha value is -3.45. The summed E-state index contributed by atoms with van der Waals surface area (Å²) in [5, 5.41) is 3.50. The second-order valence-corrected chi connectivity index (χ2v) is 10.6. The van der Waals surface area contributed by atoms with Crippen LogP contribution in [0, 0.1) is 5.92 Å². The number of imidazole rings is 2. The van der Waals surface area contributed by atoms with Gasteiger partial charge in [-0.15, -0.1) is 0 Å². The summed E-state index contributed by atoms with van der Waals surface area (Å²) in [7, 11) is 0. The van der Waals surface area contributed by atoms with Gasteiger partial charge < -0.3 is 20.2 Å². The van der Waals surface area contributed by atoms with Crippen LogP contribution < -0.4 is 5.32 Å². The largest absolute Gasteiger partial charge is 0.341 e. The first-order valence-corrected chi connectivity index (χ1v) is 13.2. The third-order valence-corrected chi connectivity index (χ3v) is 7.49. The maximum atomic E-state index is 12.8. The highest BCUT2D eigenvalue weighted by Gasteiger charge is 2.32. The highest BCUT2D eigenvalue weighted by molar-refractivity contribution is 5.83. The molecule has 6 rings (SSSR count). The molecule has 2 aromatic carbocycles. The van der Waals surface area contributed by atoms with Crippen molar-refractivity contribution in [2.24, 2.45) is 5.92 Å². The molecule has 0 radical (unpaired) electrons. The van der Waals surface area contributed by atoms with Crippen LogP contribution in [0.1, 0.15) is 69.7 Å². The van der Waals surface area contributed by atoms with E-state index in [0.717, 1.165) is 77.4 Å². The summed E-state index contributed by atoms with van der Waals surface area (Å²) >= 11 is 0. The van der Waals surface area contributed by atoms with Gasteiger partial charge in [0.05, 0.1) is 35.0 Å². The van der Waals surface area contributed by atoms with E-state index in [1.807, 2.05) is 11.1 Å². The number of hydrogen-bond acceptors (Lipinski definition) is 4. The number of rotatable bonds is 6. The fourth-order valence-electron chi connectivity index (χ4n) is 5.60. The highest BCUT2D eigenvalue weighted by atomic mass is 16.2. The molecule has 0 saturated carbocycles. The van der Waals surface area contributed by atoms with Gasteiger partial charge in [-0.1, -0.05) is 44.2 Å². The van der Waals surface area contributed by atoms with E-state index in [1.54, 1.807) is 0 Å². The predicted octanol–water partition coefficient (Wildman–Crippen LogP) is 5.75. The number of nitrogens with one attached hydrogen (secondary N) is 3. The number of carbonyl (C=O) groups excluding carboxylic acids is 1. The molecule has 3 N–H and O–H groups in total. The van der Waals surface area contributed by atoms with Gasteiger partial charge in [0.15, 0.2) is 0 Å². The minimum absolute atomic E-state index is 0.0464. The SMILES string of the molecule is CC(C)CC(=O)N1CCCC1c1nc2ccc(-c3ccc(-c4cnc(C5CCCN5)[nH]4)cc3)cc2[nH]1. The third-order valence-electron chi connectivity index (χ3n) is 7.49. The first-order chi connectivity index (χ1) is 17.5. The van der Waals surface area contributed by atoms with Gasteiger partial charge in [0, 0.05) is 13.0 Å². The summed E-state index contributed by atoms with van der Waals surface area (Å²) in [5.41, 5.74) is 6.43. The van der Waals surface area contributed by atoms with Crippen LogP contribution in [0.3, 0.4) is 0 Å².